The number of nitrogens with zero attached hydrogens (tertiary/aromatic N) is 3. The van der Waals surface area contributed by atoms with E-state index in [1.54, 1.807) is 4.90 Å². The van der Waals surface area contributed by atoms with E-state index in [0.29, 0.717) is 13.1 Å². The van der Waals surface area contributed by atoms with Crippen molar-refractivity contribution in [3.8, 4) is 0 Å². The molecule has 1 N–H and O–H groups in total. The Hall–Kier alpha value is -1.69. The van der Waals surface area contributed by atoms with E-state index in [0.717, 1.165) is 13.1 Å². The molecule has 16 heavy (non-hydrogen) atoms. The lowest BCUT2D eigenvalue weighted by molar-refractivity contribution is -0.132. The summed E-state index contributed by atoms with van der Waals surface area (Å²) in [5.74, 6) is -0.0309. The first kappa shape index (κ1) is 10.8. The van der Waals surface area contributed by atoms with Gasteiger partial charge in [0.25, 0.3) is 5.56 Å². The molecule has 0 spiro atoms. The van der Waals surface area contributed by atoms with Crippen LogP contribution in [-0.4, -0.2) is 46.5 Å². The smallest absolute Gasteiger partial charge is 0.253 e. The van der Waals surface area contributed by atoms with Crippen LogP contribution in [0.2, 0.25) is 0 Å². The zero-order valence-electron chi connectivity index (χ0n) is 8.93. The molecular weight excluding hydrogens is 208 g/mol. The van der Waals surface area contributed by atoms with Crippen LogP contribution in [0.5, 0.6) is 0 Å². The fourth-order valence-electron chi connectivity index (χ4n) is 1.66. The quantitative estimate of drug-likeness (QED) is 0.673. The third-order valence-corrected chi connectivity index (χ3v) is 2.57. The van der Waals surface area contributed by atoms with E-state index in [9.17, 15) is 9.59 Å². The number of carbonyl (C=O) groups is 1. The van der Waals surface area contributed by atoms with Gasteiger partial charge in [-0.05, 0) is 0 Å². The molecule has 86 valence electrons. The maximum atomic E-state index is 11.8. The molecular formula is C10H14N4O2. The van der Waals surface area contributed by atoms with Gasteiger partial charge in [0.15, 0.2) is 0 Å². The topological polar surface area (TPSA) is 67.2 Å². The van der Waals surface area contributed by atoms with Gasteiger partial charge in [-0.1, -0.05) is 0 Å². The Balaban J connectivity index is 2.01. The number of hydrogen-bond acceptors (Lipinski definition) is 4. The van der Waals surface area contributed by atoms with E-state index >= 15 is 0 Å². The van der Waals surface area contributed by atoms with E-state index in [1.165, 1.54) is 23.2 Å². The van der Waals surface area contributed by atoms with Crippen molar-refractivity contribution in [1.82, 2.24) is 19.8 Å². The summed E-state index contributed by atoms with van der Waals surface area (Å²) in [6.45, 7) is 3.11. The first-order chi connectivity index (χ1) is 7.77. The normalized spacial score (nSPS) is 16.1. The van der Waals surface area contributed by atoms with Crippen LogP contribution >= 0.6 is 0 Å². The van der Waals surface area contributed by atoms with Crippen LogP contribution in [0.3, 0.4) is 0 Å². The van der Waals surface area contributed by atoms with E-state index < -0.39 is 0 Å². The Morgan fingerprint density at radius 3 is 2.88 bits per heavy atom. The number of aromatic nitrogens is 2. The van der Waals surface area contributed by atoms with Crippen LogP contribution in [0.4, 0.5) is 0 Å². The third-order valence-electron chi connectivity index (χ3n) is 2.57. The first-order valence-electron chi connectivity index (χ1n) is 5.26. The zero-order chi connectivity index (χ0) is 11.4. The summed E-state index contributed by atoms with van der Waals surface area (Å²) in [5, 5.41) is 3.17. The molecule has 0 unspecified atom stereocenters. The Kier molecular flexibility index (Phi) is 3.31. The number of hydrogen-bond donors (Lipinski definition) is 1. The molecule has 0 aliphatic carbocycles. The highest BCUT2D eigenvalue weighted by molar-refractivity contribution is 5.76. The molecule has 1 aromatic rings. The number of rotatable bonds is 2. The van der Waals surface area contributed by atoms with Gasteiger partial charge in [0, 0.05) is 38.4 Å². The molecule has 1 amide bonds. The van der Waals surface area contributed by atoms with E-state index in [-0.39, 0.29) is 18.0 Å². The van der Waals surface area contributed by atoms with Gasteiger partial charge in [-0.25, -0.2) is 4.98 Å². The second kappa shape index (κ2) is 4.89. The summed E-state index contributed by atoms with van der Waals surface area (Å²) >= 11 is 0. The van der Waals surface area contributed by atoms with Crippen LogP contribution < -0.4 is 10.9 Å². The lowest BCUT2D eigenvalue weighted by atomic mass is 10.3. The highest BCUT2D eigenvalue weighted by atomic mass is 16.2. The van der Waals surface area contributed by atoms with Gasteiger partial charge in [0.2, 0.25) is 5.91 Å². The van der Waals surface area contributed by atoms with Crippen LogP contribution in [-0.2, 0) is 11.3 Å². The minimum Gasteiger partial charge on any atom is -0.339 e. The molecule has 1 aromatic heterocycles. The van der Waals surface area contributed by atoms with Crippen LogP contribution in [0.1, 0.15) is 0 Å². The molecule has 6 heteroatoms. The van der Waals surface area contributed by atoms with Crippen molar-refractivity contribution in [1.29, 1.82) is 0 Å². The van der Waals surface area contributed by atoms with Crippen molar-refractivity contribution in [2.45, 2.75) is 6.54 Å². The van der Waals surface area contributed by atoms with Gasteiger partial charge in [-0.3, -0.25) is 14.2 Å². The lowest BCUT2D eigenvalue weighted by Gasteiger charge is -2.27. The maximum absolute atomic E-state index is 11.8. The number of amides is 1. The average molecular weight is 222 g/mol. The first-order valence-corrected chi connectivity index (χ1v) is 5.26. The van der Waals surface area contributed by atoms with Crippen molar-refractivity contribution in [3.05, 3.63) is 28.9 Å². The van der Waals surface area contributed by atoms with Gasteiger partial charge < -0.3 is 10.2 Å². The molecule has 2 rings (SSSR count). The van der Waals surface area contributed by atoms with Crippen LogP contribution in [0.25, 0.3) is 0 Å². The third kappa shape index (κ3) is 2.46. The predicted molar refractivity (Wildman–Crippen MR) is 57.9 cm³/mol. The predicted octanol–water partition coefficient (Wildman–Crippen LogP) is -1.32. The number of piperazine rings is 1. The minimum absolute atomic E-state index is 0.0309. The Morgan fingerprint density at radius 1 is 1.44 bits per heavy atom. The summed E-state index contributed by atoms with van der Waals surface area (Å²) < 4.78 is 1.32. The number of carbonyl (C=O) groups excluding carboxylic acids is 1. The van der Waals surface area contributed by atoms with E-state index in [2.05, 4.69) is 10.3 Å². The molecule has 1 saturated heterocycles. The molecule has 6 nitrogen and oxygen atoms in total. The molecule has 0 radical (unpaired) electrons. The molecule has 2 heterocycles. The molecule has 0 atom stereocenters. The molecule has 1 aliphatic rings. The fraction of sp³-hybridized carbons (Fsp3) is 0.500. The molecule has 0 bridgehead atoms. The van der Waals surface area contributed by atoms with Gasteiger partial charge >= 0.3 is 0 Å². The molecule has 1 fully saturated rings. The van der Waals surface area contributed by atoms with Gasteiger partial charge in [-0.2, -0.15) is 0 Å². The van der Waals surface area contributed by atoms with Gasteiger partial charge in [0.05, 0.1) is 6.33 Å². The fourth-order valence-corrected chi connectivity index (χ4v) is 1.66. The minimum atomic E-state index is -0.196. The van der Waals surface area contributed by atoms with Crippen LogP contribution in [0.15, 0.2) is 23.4 Å². The molecule has 1 aliphatic heterocycles. The van der Waals surface area contributed by atoms with Gasteiger partial charge in [-0.15, -0.1) is 0 Å². The molecule has 0 saturated carbocycles. The van der Waals surface area contributed by atoms with Crippen molar-refractivity contribution in [2.75, 3.05) is 26.2 Å². The van der Waals surface area contributed by atoms with Gasteiger partial charge in [0.1, 0.15) is 6.54 Å². The monoisotopic (exact) mass is 222 g/mol. The summed E-state index contributed by atoms with van der Waals surface area (Å²) in [5.41, 5.74) is -0.196. The van der Waals surface area contributed by atoms with E-state index in [4.69, 9.17) is 0 Å². The second-order valence-corrected chi connectivity index (χ2v) is 3.68. The largest absolute Gasteiger partial charge is 0.339 e. The Bertz CT molecular complexity index is 423. The average Bonchev–Trinajstić information content (AvgIpc) is 2.33. The van der Waals surface area contributed by atoms with Crippen molar-refractivity contribution < 1.29 is 4.79 Å². The summed E-state index contributed by atoms with van der Waals surface area (Å²) in [6.07, 6.45) is 2.82. The van der Waals surface area contributed by atoms with Crippen LogP contribution in [0, 0.1) is 0 Å². The Morgan fingerprint density at radius 2 is 2.19 bits per heavy atom. The maximum Gasteiger partial charge on any atom is 0.253 e. The lowest BCUT2D eigenvalue weighted by Crippen LogP contribution is -2.48. The highest BCUT2D eigenvalue weighted by Gasteiger charge is 2.16. The summed E-state index contributed by atoms with van der Waals surface area (Å²) in [7, 11) is 0. The Labute approximate surface area is 92.9 Å². The second-order valence-electron chi connectivity index (χ2n) is 3.68. The standard InChI is InChI=1S/C10H14N4O2/c15-9-1-2-12-8-14(9)7-10(16)13-5-3-11-4-6-13/h1-2,8,11H,3-7H2. The summed E-state index contributed by atoms with van der Waals surface area (Å²) in [6, 6.07) is 1.35. The zero-order valence-corrected chi connectivity index (χ0v) is 8.93. The molecule has 0 aromatic carbocycles. The number of nitrogens with one attached hydrogen (secondary N) is 1. The summed E-state index contributed by atoms with van der Waals surface area (Å²) in [4.78, 5) is 28.8. The highest BCUT2D eigenvalue weighted by Crippen LogP contribution is 1.94. The SMILES string of the molecule is O=C(Cn1cnccc1=O)N1CCNCC1. The van der Waals surface area contributed by atoms with Crippen molar-refractivity contribution in [3.63, 3.8) is 0 Å². The van der Waals surface area contributed by atoms with Crippen molar-refractivity contribution >= 4 is 5.91 Å². The van der Waals surface area contributed by atoms with Crippen molar-refractivity contribution in [2.24, 2.45) is 0 Å². The van der Waals surface area contributed by atoms with E-state index in [1.807, 2.05) is 0 Å².